The van der Waals surface area contributed by atoms with E-state index in [0.717, 1.165) is 23.3 Å². The molecule has 16 heavy (non-hydrogen) atoms. The molecule has 0 radical (unpaired) electrons. The van der Waals surface area contributed by atoms with Crippen LogP contribution in [-0.4, -0.2) is 24.0 Å². The number of likely N-dealkylation sites (N-methyl/N-ethyl adjacent to an activating group) is 1. The lowest BCUT2D eigenvalue weighted by Crippen LogP contribution is -2.48. The Morgan fingerprint density at radius 3 is 2.75 bits per heavy atom. The van der Waals surface area contributed by atoms with Gasteiger partial charge in [-0.3, -0.25) is 4.90 Å². The molecule has 0 aromatic carbocycles. The summed E-state index contributed by atoms with van der Waals surface area (Å²) in [4.78, 5) is 3.60. The molecule has 4 heteroatoms. The summed E-state index contributed by atoms with van der Waals surface area (Å²) in [5, 5.41) is 0. The molecule has 1 aliphatic rings. The van der Waals surface area contributed by atoms with E-state index in [1.54, 1.807) is 11.3 Å². The minimum absolute atomic E-state index is 0.0319. The van der Waals surface area contributed by atoms with Crippen molar-refractivity contribution in [1.29, 1.82) is 0 Å². The molecule has 1 aromatic rings. The van der Waals surface area contributed by atoms with Crippen LogP contribution in [0, 0.1) is 5.92 Å². The summed E-state index contributed by atoms with van der Waals surface area (Å²) >= 11 is 7.56. The number of rotatable bonds is 5. The van der Waals surface area contributed by atoms with Crippen LogP contribution in [0.25, 0.3) is 0 Å². The van der Waals surface area contributed by atoms with Gasteiger partial charge in [-0.2, -0.15) is 0 Å². The van der Waals surface area contributed by atoms with Crippen LogP contribution in [0.5, 0.6) is 0 Å². The van der Waals surface area contributed by atoms with Gasteiger partial charge in [0.1, 0.15) is 0 Å². The minimum Gasteiger partial charge on any atom is -0.324 e. The Balaban J connectivity index is 1.86. The first-order chi connectivity index (χ1) is 7.47. The molecule has 2 rings (SSSR count). The van der Waals surface area contributed by atoms with Gasteiger partial charge >= 0.3 is 0 Å². The normalized spacial score (nSPS) is 20.1. The van der Waals surface area contributed by atoms with Gasteiger partial charge in [0.2, 0.25) is 0 Å². The maximum atomic E-state index is 6.32. The summed E-state index contributed by atoms with van der Waals surface area (Å²) in [6, 6.07) is 4.05. The smallest absolute Gasteiger partial charge is 0.0931 e. The zero-order valence-corrected chi connectivity index (χ0v) is 11.4. The monoisotopic (exact) mass is 258 g/mol. The fourth-order valence-corrected chi connectivity index (χ4v) is 3.38. The number of nitrogens with zero attached hydrogens (tertiary/aromatic N) is 1. The van der Waals surface area contributed by atoms with E-state index in [1.807, 2.05) is 6.07 Å². The molecule has 90 valence electrons. The Labute approximate surface area is 106 Å². The summed E-state index contributed by atoms with van der Waals surface area (Å²) in [7, 11) is 2.13. The highest BCUT2D eigenvalue weighted by Crippen LogP contribution is 2.38. The molecule has 2 nitrogen and oxygen atoms in total. The second-order valence-electron chi connectivity index (χ2n) is 5.16. The fraction of sp³-hybridized carbons (Fsp3) is 0.667. The Hall–Kier alpha value is -0.0900. The van der Waals surface area contributed by atoms with E-state index >= 15 is 0 Å². The highest BCUT2D eigenvalue weighted by atomic mass is 35.5. The molecular weight excluding hydrogens is 240 g/mol. The van der Waals surface area contributed by atoms with Crippen molar-refractivity contribution >= 4 is 22.9 Å². The zero-order valence-electron chi connectivity index (χ0n) is 9.87. The summed E-state index contributed by atoms with van der Waals surface area (Å²) < 4.78 is 0.862. The van der Waals surface area contributed by atoms with E-state index < -0.39 is 0 Å². The van der Waals surface area contributed by atoms with Crippen molar-refractivity contribution in [2.75, 3.05) is 13.6 Å². The van der Waals surface area contributed by atoms with E-state index in [1.165, 1.54) is 17.7 Å². The largest absolute Gasteiger partial charge is 0.324 e. The Morgan fingerprint density at radius 1 is 1.56 bits per heavy atom. The summed E-state index contributed by atoms with van der Waals surface area (Å²) in [6.07, 6.45) is 2.59. The number of hydrogen-bond acceptors (Lipinski definition) is 3. The highest BCUT2D eigenvalue weighted by molar-refractivity contribution is 7.16. The van der Waals surface area contributed by atoms with Crippen LogP contribution in [0.2, 0.25) is 4.34 Å². The second-order valence-corrected chi connectivity index (χ2v) is 6.96. The summed E-state index contributed by atoms with van der Waals surface area (Å²) in [5.74, 6) is 0.724. The average molecular weight is 259 g/mol. The Kier molecular flexibility index (Phi) is 3.59. The molecule has 1 unspecified atom stereocenters. The molecule has 1 fully saturated rings. The summed E-state index contributed by atoms with van der Waals surface area (Å²) in [6.45, 7) is 4.06. The van der Waals surface area contributed by atoms with Gasteiger partial charge in [0.15, 0.2) is 0 Å². The van der Waals surface area contributed by atoms with Crippen LogP contribution in [0.1, 0.15) is 24.6 Å². The molecule has 1 aliphatic carbocycles. The van der Waals surface area contributed by atoms with Gasteiger partial charge in [-0.05, 0) is 44.9 Å². The van der Waals surface area contributed by atoms with Gasteiger partial charge < -0.3 is 5.73 Å². The predicted octanol–water partition coefficient (Wildman–Crippen LogP) is 2.96. The molecule has 0 aliphatic heterocycles. The minimum atomic E-state index is -0.0319. The van der Waals surface area contributed by atoms with Crippen molar-refractivity contribution in [3.63, 3.8) is 0 Å². The standard InChI is InChI=1S/C12H19ClN2S/c1-12(14,9-3-4-9)8-15(2)7-10-5-6-11(13)16-10/h5-6,9H,3-4,7-8,14H2,1-2H3. The molecule has 0 amide bonds. The van der Waals surface area contributed by atoms with Crippen molar-refractivity contribution in [1.82, 2.24) is 4.90 Å². The number of hydrogen-bond donors (Lipinski definition) is 1. The van der Waals surface area contributed by atoms with Gasteiger partial charge in [0.05, 0.1) is 4.34 Å². The molecule has 1 aromatic heterocycles. The SMILES string of the molecule is CN(Cc1ccc(Cl)s1)CC(C)(N)C1CC1. The molecule has 1 atom stereocenters. The lowest BCUT2D eigenvalue weighted by Gasteiger charge is -2.30. The van der Waals surface area contributed by atoms with Crippen molar-refractivity contribution in [2.45, 2.75) is 31.8 Å². The van der Waals surface area contributed by atoms with Crippen molar-refractivity contribution in [3.05, 3.63) is 21.3 Å². The average Bonchev–Trinajstić information content (AvgIpc) is 2.92. The quantitative estimate of drug-likeness (QED) is 0.880. The molecule has 0 saturated heterocycles. The number of nitrogens with two attached hydrogens (primary N) is 1. The summed E-state index contributed by atoms with van der Waals surface area (Å²) in [5.41, 5.74) is 6.29. The number of halogens is 1. The van der Waals surface area contributed by atoms with Crippen molar-refractivity contribution in [3.8, 4) is 0 Å². The van der Waals surface area contributed by atoms with E-state index in [-0.39, 0.29) is 5.54 Å². The maximum Gasteiger partial charge on any atom is 0.0931 e. The molecule has 1 saturated carbocycles. The molecule has 0 bridgehead atoms. The van der Waals surface area contributed by atoms with Crippen molar-refractivity contribution in [2.24, 2.45) is 11.7 Å². The topological polar surface area (TPSA) is 29.3 Å². The lowest BCUT2D eigenvalue weighted by atomic mass is 9.97. The Bertz CT molecular complexity index is 358. The second kappa shape index (κ2) is 4.65. The molecular formula is C12H19ClN2S. The van der Waals surface area contributed by atoms with Gasteiger partial charge in [-0.1, -0.05) is 11.6 Å². The van der Waals surface area contributed by atoms with Crippen LogP contribution in [0.4, 0.5) is 0 Å². The van der Waals surface area contributed by atoms with E-state index in [2.05, 4.69) is 24.9 Å². The zero-order chi connectivity index (χ0) is 11.8. The number of thiophene rings is 1. The predicted molar refractivity (Wildman–Crippen MR) is 71.0 cm³/mol. The van der Waals surface area contributed by atoms with Gasteiger partial charge in [-0.25, -0.2) is 0 Å². The molecule has 2 N–H and O–H groups in total. The van der Waals surface area contributed by atoms with E-state index in [4.69, 9.17) is 17.3 Å². The van der Waals surface area contributed by atoms with Gasteiger partial charge in [0, 0.05) is 23.5 Å². The third kappa shape index (κ3) is 3.20. The van der Waals surface area contributed by atoms with Crippen LogP contribution in [0.15, 0.2) is 12.1 Å². The fourth-order valence-electron chi connectivity index (χ4n) is 2.21. The van der Waals surface area contributed by atoms with Crippen LogP contribution in [-0.2, 0) is 6.54 Å². The van der Waals surface area contributed by atoms with Gasteiger partial charge in [0.25, 0.3) is 0 Å². The Morgan fingerprint density at radius 2 is 2.25 bits per heavy atom. The third-order valence-corrected chi connectivity index (χ3v) is 4.39. The van der Waals surface area contributed by atoms with Crippen LogP contribution in [0.3, 0.4) is 0 Å². The van der Waals surface area contributed by atoms with Crippen LogP contribution < -0.4 is 5.73 Å². The van der Waals surface area contributed by atoms with Crippen LogP contribution >= 0.6 is 22.9 Å². The third-order valence-electron chi connectivity index (χ3n) is 3.18. The van der Waals surface area contributed by atoms with Crippen molar-refractivity contribution < 1.29 is 0 Å². The maximum absolute atomic E-state index is 6.32. The molecule has 0 spiro atoms. The molecule has 1 heterocycles. The highest BCUT2D eigenvalue weighted by Gasteiger charge is 2.38. The first-order valence-electron chi connectivity index (χ1n) is 5.69. The van der Waals surface area contributed by atoms with E-state index in [0.29, 0.717) is 0 Å². The first kappa shape index (κ1) is 12.4. The van der Waals surface area contributed by atoms with Gasteiger partial charge in [-0.15, -0.1) is 11.3 Å². The van der Waals surface area contributed by atoms with E-state index in [9.17, 15) is 0 Å². The first-order valence-corrected chi connectivity index (χ1v) is 6.88. The lowest BCUT2D eigenvalue weighted by molar-refractivity contribution is 0.233.